The maximum Gasteiger partial charge on any atom is 0.156 e. The highest BCUT2D eigenvalue weighted by molar-refractivity contribution is 6.16. The molecule has 0 spiro atoms. The molecular formula is C11H12ClN3. The normalized spacial score (nSPS) is 10.5. The molecule has 0 amide bonds. The van der Waals surface area contributed by atoms with Crippen LogP contribution in [0, 0.1) is 0 Å². The van der Waals surface area contributed by atoms with Crippen molar-refractivity contribution in [3.05, 3.63) is 35.8 Å². The highest BCUT2D eigenvalue weighted by Gasteiger charge is 2.08. The summed E-state index contributed by atoms with van der Waals surface area (Å²) in [4.78, 5) is 11.7. The van der Waals surface area contributed by atoms with E-state index in [-0.39, 0.29) is 0 Å². The van der Waals surface area contributed by atoms with Crippen molar-refractivity contribution in [2.75, 3.05) is 0 Å². The van der Waals surface area contributed by atoms with Gasteiger partial charge in [0, 0.05) is 18.1 Å². The summed E-state index contributed by atoms with van der Waals surface area (Å²) in [6.07, 6.45) is 4.47. The maximum absolute atomic E-state index is 5.71. The van der Waals surface area contributed by atoms with Crippen LogP contribution in [0.25, 0.3) is 11.5 Å². The van der Waals surface area contributed by atoms with Crippen molar-refractivity contribution in [1.82, 2.24) is 15.0 Å². The van der Waals surface area contributed by atoms with Crippen LogP contribution in [0.1, 0.15) is 18.2 Å². The number of pyridine rings is 1. The molecule has 0 aliphatic heterocycles. The monoisotopic (exact) mass is 221 g/mol. The van der Waals surface area contributed by atoms with Gasteiger partial charge in [-0.1, -0.05) is 13.0 Å². The Labute approximate surface area is 93.5 Å². The molecule has 0 aliphatic carbocycles. The summed E-state index contributed by atoms with van der Waals surface area (Å²) in [7, 11) is 0. The first kappa shape index (κ1) is 10.2. The molecule has 0 fully saturated rings. The van der Waals surface area contributed by atoms with E-state index in [4.69, 9.17) is 11.6 Å². The molecule has 0 radical (unpaired) electrons. The zero-order chi connectivity index (χ0) is 10.7. The fourth-order valence-electron chi connectivity index (χ4n) is 1.48. The summed E-state index contributed by atoms with van der Waals surface area (Å²) in [5.41, 5.74) is 3.02. The fourth-order valence-corrected chi connectivity index (χ4v) is 1.62. The molecule has 0 bridgehead atoms. The average Bonchev–Trinajstić information content (AvgIpc) is 2.77. The molecule has 2 heterocycles. The third kappa shape index (κ3) is 2.02. The number of hydrogen-bond donors (Lipinski definition) is 1. The van der Waals surface area contributed by atoms with Crippen LogP contribution in [-0.4, -0.2) is 15.0 Å². The molecule has 15 heavy (non-hydrogen) atoms. The zero-order valence-electron chi connectivity index (χ0n) is 8.50. The van der Waals surface area contributed by atoms with E-state index in [1.165, 1.54) is 5.56 Å². The van der Waals surface area contributed by atoms with E-state index in [9.17, 15) is 0 Å². The van der Waals surface area contributed by atoms with Gasteiger partial charge < -0.3 is 4.98 Å². The van der Waals surface area contributed by atoms with Crippen LogP contribution in [0.4, 0.5) is 0 Å². The topological polar surface area (TPSA) is 41.6 Å². The number of alkyl halides is 1. The second-order valence-electron chi connectivity index (χ2n) is 3.26. The summed E-state index contributed by atoms with van der Waals surface area (Å²) in [6, 6.07) is 4.00. The Bertz CT molecular complexity index is 451. The lowest BCUT2D eigenvalue weighted by molar-refractivity contribution is 1.08. The summed E-state index contributed by atoms with van der Waals surface area (Å²) < 4.78 is 0. The molecule has 2 aromatic rings. The van der Waals surface area contributed by atoms with Gasteiger partial charge in [-0.25, -0.2) is 4.98 Å². The van der Waals surface area contributed by atoms with Gasteiger partial charge in [0.15, 0.2) is 5.82 Å². The zero-order valence-corrected chi connectivity index (χ0v) is 9.25. The van der Waals surface area contributed by atoms with E-state index < -0.39 is 0 Å². The van der Waals surface area contributed by atoms with E-state index in [1.54, 1.807) is 12.4 Å². The third-order valence-electron chi connectivity index (χ3n) is 2.27. The van der Waals surface area contributed by atoms with Crippen LogP contribution < -0.4 is 0 Å². The van der Waals surface area contributed by atoms with Crippen LogP contribution in [0.3, 0.4) is 0 Å². The molecule has 0 saturated carbocycles. The average molecular weight is 222 g/mol. The quantitative estimate of drug-likeness (QED) is 0.810. The molecular weight excluding hydrogens is 210 g/mol. The number of aromatic amines is 1. The predicted molar refractivity (Wildman–Crippen MR) is 60.8 cm³/mol. The molecule has 2 rings (SSSR count). The number of halogens is 1. The second kappa shape index (κ2) is 4.45. The summed E-state index contributed by atoms with van der Waals surface area (Å²) >= 11 is 5.71. The standard InChI is InChI=1S/C11H12ClN3/c1-2-8-4-3-5-13-10(8)11-14-7-9(6-12)15-11/h3-5,7H,2,6H2,1H3,(H,14,15). The Hall–Kier alpha value is -1.35. The number of aryl methyl sites for hydroxylation is 1. The highest BCUT2D eigenvalue weighted by atomic mass is 35.5. The minimum atomic E-state index is 0.446. The SMILES string of the molecule is CCc1cccnc1-c1ncc(CCl)[nH]1. The van der Waals surface area contributed by atoms with E-state index in [1.807, 2.05) is 6.07 Å². The van der Waals surface area contributed by atoms with Crippen molar-refractivity contribution < 1.29 is 0 Å². The lowest BCUT2D eigenvalue weighted by Crippen LogP contribution is -1.92. The lowest BCUT2D eigenvalue weighted by atomic mass is 10.1. The van der Waals surface area contributed by atoms with Crippen molar-refractivity contribution in [3.8, 4) is 11.5 Å². The summed E-state index contributed by atoms with van der Waals surface area (Å²) in [5, 5.41) is 0. The highest BCUT2D eigenvalue weighted by Crippen LogP contribution is 2.18. The van der Waals surface area contributed by atoms with Crippen molar-refractivity contribution in [3.63, 3.8) is 0 Å². The van der Waals surface area contributed by atoms with Crippen molar-refractivity contribution in [1.29, 1.82) is 0 Å². The van der Waals surface area contributed by atoms with Crippen LogP contribution >= 0.6 is 11.6 Å². The van der Waals surface area contributed by atoms with Gasteiger partial charge in [-0.3, -0.25) is 4.98 Å². The number of imidazole rings is 1. The maximum atomic E-state index is 5.71. The fraction of sp³-hybridized carbons (Fsp3) is 0.273. The van der Waals surface area contributed by atoms with Crippen molar-refractivity contribution in [2.24, 2.45) is 0 Å². The Kier molecular flexibility index (Phi) is 3.02. The number of H-pyrrole nitrogens is 1. The van der Waals surface area contributed by atoms with Gasteiger partial charge in [-0.05, 0) is 18.1 Å². The van der Waals surface area contributed by atoms with Crippen molar-refractivity contribution >= 4 is 11.6 Å². The molecule has 0 atom stereocenters. The molecule has 4 heteroatoms. The first-order chi connectivity index (χ1) is 7.35. The van der Waals surface area contributed by atoms with Gasteiger partial charge in [0.05, 0.1) is 5.88 Å². The molecule has 0 aliphatic rings. The van der Waals surface area contributed by atoms with Crippen molar-refractivity contribution in [2.45, 2.75) is 19.2 Å². The van der Waals surface area contributed by atoms with Crippen LogP contribution in [-0.2, 0) is 12.3 Å². The molecule has 78 valence electrons. The minimum Gasteiger partial charge on any atom is -0.340 e. The molecule has 0 unspecified atom stereocenters. The predicted octanol–water partition coefficient (Wildman–Crippen LogP) is 2.77. The molecule has 1 N–H and O–H groups in total. The Balaban J connectivity index is 2.44. The van der Waals surface area contributed by atoms with E-state index in [0.29, 0.717) is 5.88 Å². The van der Waals surface area contributed by atoms with E-state index in [2.05, 4.69) is 27.9 Å². The van der Waals surface area contributed by atoms with E-state index >= 15 is 0 Å². The Morgan fingerprint density at radius 3 is 2.93 bits per heavy atom. The Morgan fingerprint density at radius 1 is 1.40 bits per heavy atom. The number of nitrogens with one attached hydrogen (secondary N) is 1. The first-order valence-corrected chi connectivity index (χ1v) is 5.42. The molecule has 2 aromatic heterocycles. The molecule has 0 aromatic carbocycles. The largest absolute Gasteiger partial charge is 0.340 e. The van der Waals surface area contributed by atoms with Gasteiger partial charge >= 0.3 is 0 Å². The number of aromatic nitrogens is 3. The Morgan fingerprint density at radius 2 is 2.27 bits per heavy atom. The summed E-state index contributed by atoms with van der Waals surface area (Å²) in [6.45, 7) is 2.10. The summed E-state index contributed by atoms with van der Waals surface area (Å²) in [5.74, 6) is 1.24. The van der Waals surface area contributed by atoms with Gasteiger partial charge in [0.1, 0.15) is 5.69 Å². The number of nitrogens with zero attached hydrogens (tertiary/aromatic N) is 2. The number of hydrogen-bond acceptors (Lipinski definition) is 2. The lowest BCUT2D eigenvalue weighted by Gasteiger charge is -2.02. The second-order valence-corrected chi connectivity index (χ2v) is 3.52. The van der Waals surface area contributed by atoms with Crippen LogP contribution in [0.15, 0.2) is 24.5 Å². The van der Waals surface area contributed by atoms with Crippen LogP contribution in [0.2, 0.25) is 0 Å². The van der Waals surface area contributed by atoms with Crippen LogP contribution in [0.5, 0.6) is 0 Å². The minimum absolute atomic E-state index is 0.446. The van der Waals surface area contributed by atoms with E-state index in [0.717, 1.165) is 23.6 Å². The first-order valence-electron chi connectivity index (χ1n) is 4.89. The van der Waals surface area contributed by atoms with Gasteiger partial charge in [-0.15, -0.1) is 11.6 Å². The molecule has 3 nitrogen and oxygen atoms in total. The number of rotatable bonds is 3. The van der Waals surface area contributed by atoms with Gasteiger partial charge in [0.25, 0.3) is 0 Å². The third-order valence-corrected chi connectivity index (χ3v) is 2.56. The molecule has 0 saturated heterocycles. The van der Waals surface area contributed by atoms with Gasteiger partial charge in [-0.2, -0.15) is 0 Å². The smallest absolute Gasteiger partial charge is 0.156 e. The van der Waals surface area contributed by atoms with Gasteiger partial charge in [0.2, 0.25) is 0 Å².